The Morgan fingerprint density at radius 1 is 0.838 bits per heavy atom. The predicted molar refractivity (Wildman–Crippen MR) is 148 cm³/mol. The fourth-order valence-corrected chi connectivity index (χ4v) is 5.57. The fourth-order valence-electron chi connectivity index (χ4n) is 5.57. The second-order valence-corrected chi connectivity index (χ2v) is 9.53. The summed E-state index contributed by atoms with van der Waals surface area (Å²) in [5.41, 5.74) is 7.06. The lowest BCUT2D eigenvalue weighted by Crippen LogP contribution is -2.30. The molecule has 0 saturated heterocycles. The smallest absolute Gasteiger partial charge is 0.216 e. The summed E-state index contributed by atoms with van der Waals surface area (Å²) in [6.45, 7) is 2.20. The maximum atomic E-state index is 15.8. The van der Waals surface area contributed by atoms with Crippen LogP contribution in [0.1, 0.15) is 13.9 Å². The zero-order chi connectivity index (χ0) is 26.9. The van der Waals surface area contributed by atoms with Gasteiger partial charge in [0, 0.05) is 43.6 Å². The first-order valence-corrected chi connectivity index (χ1v) is 12.4. The van der Waals surface area contributed by atoms with Gasteiger partial charge < -0.3 is 9.32 Å². The molecular weight excluding hydrogens is 459 g/mol. The number of aryl methyl sites for hydroxylation is 2. The minimum Gasteiger partial charge on any atom is -0.454 e. The van der Waals surface area contributed by atoms with Crippen LogP contribution in [0.15, 0.2) is 102 Å². The van der Waals surface area contributed by atoms with Gasteiger partial charge in [-0.15, -0.1) is 0 Å². The average molecular weight is 488 g/mol. The molecule has 0 fully saturated rings. The molecule has 1 aliphatic heterocycles. The molecule has 6 aromatic rings. The summed E-state index contributed by atoms with van der Waals surface area (Å²) in [7, 11) is 2.00. The molecule has 0 radical (unpaired) electrons. The Kier molecular flexibility index (Phi) is 4.43. The summed E-state index contributed by atoms with van der Waals surface area (Å²) >= 11 is 0. The molecule has 0 bridgehead atoms. The Hall–Kier alpha value is -4.44. The van der Waals surface area contributed by atoms with E-state index in [0.29, 0.717) is 27.9 Å². The van der Waals surface area contributed by atoms with Crippen molar-refractivity contribution in [3.05, 3.63) is 114 Å². The van der Waals surface area contributed by atoms with Crippen LogP contribution in [-0.2, 0) is 13.4 Å². The molecule has 4 aromatic carbocycles. The molecule has 3 nitrogen and oxygen atoms in total. The fraction of sp³-hybridized carbons (Fsp3) is 0.121. The lowest BCUT2D eigenvalue weighted by Gasteiger charge is -2.20. The van der Waals surface area contributed by atoms with Crippen LogP contribution in [-0.4, -0.2) is 6.54 Å². The van der Waals surface area contributed by atoms with Gasteiger partial charge in [0.25, 0.3) is 0 Å². The summed E-state index contributed by atoms with van der Waals surface area (Å²) in [5.74, 6) is -0.438. The van der Waals surface area contributed by atoms with Crippen molar-refractivity contribution in [2.45, 2.75) is 13.3 Å². The minimum atomic E-state index is -1.69. The van der Waals surface area contributed by atoms with Crippen molar-refractivity contribution in [2.75, 3.05) is 11.4 Å². The van der Waals surface area contributed by atoms with Gasteiger partial charge in [0.2, 0.25) is 5.69 Å². The van der Waals surface area contributed by atoms with Gasteiger partial charge in [0.15, 0.2) is 6.20 Å². The van der Waals surface area contributed by atoms with Crippen molar-refractivity contribution in [1.82, 2.24) is 0 Å². The number of furan rings is 1. The maximum absolute atomic E-state index is 15.8. The van der Waals surface area contributed by atoms with E-state index < -0.39 is 12.2 Å². The number of para-hydroxylation sites is 1. The lowest BCUT2D eigenvalue weighted by atomic mass is 9.95. The highest BCUT2D eigenvalue weighted by Crippen LogP contribution is 2.45. The van der Waals surface area contributed by atoms with E-state index >= 15 is 4.39 Å². The van der Waals surface area contributed by atoms with Gasteiger partial charge in [0.1, 0.15) is 24.0 Å². The molecule has 0 unspecified atom stereocenters. The van der Waals surface area contributed by atoms with Crippen molar-refractivity contribution in [1.29, 1.82) is 0 Å². The van der Waals surface area contributed by atoms with Gasteiger partial charge in [-0.3, -0.25) is 0 Å². The van der Waals surface area contributed by atoms with Crippen molar-refractivity contribution in [3.63, 3.8) is 0 Å². The van der Waals surface area contributed by atoms with Gasteiger partial charge in [-0.05, 0) is 66.4 Å². The number of halogens is 1. The highest BCUT2D eigenvalue weighted by atomic mass is 19.1. The number of nitrogens with zero attached hydrogens (tertiary/aromatic N) is 2. The SMILES string of the molecule is [2H]C1([2H])CN(c2ccccc2)c2cccc(-c3c(F)ccc4c3oc3c(-c5cccc[n+]5C)c(C)ccc34)c21. The van der Waals surface area contributed by atoms with Crippen LogP contribution in [0, 0.1) is 12.7 Å². The van der Waals surface area contributed by atoms with Crippen molar-refractivity contribution < 1.29 is 16.1 Å². The number of anilines is 2. The maximum Gasteiger partial charge on any atom is 0.216 e. The average Bonchev–Trinajstić information content (AvgIpc) is 3.44. The molecule has 0 aliphatic carbocycles. The van der Waals surface area contributed by atoms with Gasteiger partial charge >= 0.3 is 0 Å². The Balaban J connectivity index is 1.53. The molecule has 0 N–H and O–H groups in total. The van der Waals surface area contributed by atoms with Crippen LogP contribution < -0.4 is 9.47 Å². The Morgan fingerprint density at radius 3 is 2.41 bits per heavy atom. The molecule has 37 heavy (non-hydrogen) atoms. The summed E-state index contributed by atoms with van der Waals surface area (Å²) in [6, 6.07) is 28.7. The van der Waals surface area contributed by atoms with Crippen LogP contribution in [0.25, 0.3) is 44.3 Å². The van der Waals surface area contributed by atoms with E-state index in [0.717, 1.165) is 39.0 Å². The van der Waals surface area contributed by atoms with Gasteiger partial charge in [-0.1, -0.05) is 42.5 Å². The third-order valence-electron chi connectivity index (χ3n) is 7.36. The monoisotopic (exact) mass is 487 g/mol. The number of hydrogen-bond acceptors (Lipinski definition) is 2. The molecule has 3 heterocycles. The van der Waals surface area contributed by atoms with Crippen LogP contribution >= 0.6 is 0 Å². The molecule has 7 rings (SSSR count). The highest BCUT2D eigenvalue weighted by molar-refractivity contribution is 6.13. The topological polar surface area (TPSA) is 20.3 Å². The Bertz CT molecular complexity index is 1910. The van der Waals surface area contributed by atoms with E-state index in [4.69, 9.17) is 7.16 Å². The van der Waals surface area contributed by atoms with E-state index in [1.807, 2.05) is 96.4 Å². The van der Waals surface area contributed by atoms with Gasteiger partial charge in [0.05, 0.1) is 11.1 Å². The number of rotatable bonds is 3. The third kappa shape index (κ3) is 3.29. The lowest BCUT2D eigenvalue weighted by molar-refractivity contribution is -0.660. The van der Waals surface area contributed by atoms with E-state index in [2.05, 4.69) is 6.07 Å². The molecule has 0 spiro atoms. The van der Waals surface area contributed by atoms with E-state index in [1.54, 1.807) is 12.1 Å². The van der Waals surface area contributed by atoms with Crippen LogP contribution in [0.4, 0.5) is 15.8 Å². The van der Waals surface area contributed by atoms with Crippen molar-refractivity contribution in [2.24, 2.45) is 7.05 Å². The molecule has 2 aromatic heterocycles. The summed E-state index contributed by atoms with van der Waals surface area (Å²) in [4.78, 5) is 1.96. The van der Waals surface area contributed by atoms with Gasteiger partial charge in [-0.25, -0.2) is 8.96 Å². The number of benzene rings is 4. The van der Waals surface area contributed by atoms with E-state index in [1.165, 1.54) is 6.07 Å². The molecular formula is C33H26FN2O+. The largest absolute Gasteiger partial charge is 0.454 e. The number of fused-ring (bicyclic) bond motifs is 4. The summed E-state index contributed by atoms with van der Waals surface area (Å²) < 4.78 is 42.5. The first kappa shape index (κ1) is 19.7. The molecule has 180 valence electrons. The van der Waals surface area contributed by atoms with Crippen molar-refractivity contribution >= 4 is 33.3 Å². The van der Waals surface area contributed by atoms with Crippen LogP contribution in [0.3, 0.4) is 0 Å². The normalized spacial score (nSPS) is 15.2. The Labute approximate surface area is 217 Å². The zero-order valence-electron chi connectivity index (χ0n) is 22.6. The van der Waals surface area contributed by atoms with E-state index in [9.17, 15) is 0 Å². The minimum absolute atomic E-state index is 0.148. The quantitative estimate of drug-likeness (QED) is 0.237. The molecule has 4 heteroatoms. The third-order valence-corrected chi connectivity index (χ3v) is 7.36. The summed E-state index contributed by atoms with van der Waals surface area (Å²) in [5, 5.41) is 1.70. The molecule has 0 amide bonds. The molecule has 0 saturated carbocycles. The molecule has 0 atom stereocenters. The van der Waals surface area contributed by atoms with E-state index in [-0.39, 0.29) is 6.54 Å². The number of hydrogen-bond donors (Lipinski definition) is 0. The van der Waals surface area contributed by atoms with Crippen LogP contribution in [0.2, 0.25) is 0 Å². The second kappa shape index (κ2) is 8.31. The second-order valence-electron chi connectivity index (χ2n) is 9.53. The standard InChI is InChI=1S/C33H26FN2O/c1-21-14-15-25-26-16-17-27(34)31(33(26)37-32(25)30(21)29-12-6-7-19-35(29)2)24-11-8-13-28-23(24)18-20-36(28)22-9-4-3-5-10-22/h3-17,19H,18,20H2,1-2H3/q+1/i18D2. The number of pyridine rings is 1. The highest BCUT2D eigenvalue weighted by Gasteiger charge is 2.27. The van der Waals surface area contributed by atoms with Crippen LogP contribution in [0.5, 0.6) is 0 Å². The zero-order valence-corrected chi connectivity index (χ0v) is 20.6. The first-order chi connectivity index (χ1) is 18.8. The summed E-state index contributed by atoms with van der Waals surface area (Å²) in [6.07, 6.45) is 0.303. The van der Waals surface area contributed by atoms with Gasteiger partial charge in [-0.2, -0.15) is 0 Å². The first-order valence-electron chi connectivity index (χ1n) is 13.4. The molecule has 1 aliphatic rings. The van der Waals surface area contributed by atoms with Crippen molar-refractivity contribution in [3.8, 4) is 22.4 Å². The Morgan fingerprint density at radius 2 is 1.59 bits per heavy atom. The number of aromatic nitrogens is 1. The predicted octanol–water partition coefficient (Wildman–Crippen LogP) is 7.89.